The van der Waals surface area contributed by atoms with Gasteiger partial charge in [0.15, 0.2) is 0 Å². The molecular weight excluding hydrogens is 308 g/mol. The fourth-order valence-corrected chi connectivity index (χ4v) is 3.39. The molecule has 0 aliphatic carbocycles. The molecular formula is C17H22N4O3. The first-order chi connectivity index (χ1) is 11.5. The molecule has 1 N–H and O–H groups in total. The van der Waals surface area contributed by atoms with Crippen LogP contribution < -0.4 is 0 Å². The Morgan fingerprint density at radius 3 is 2.67 bits per heavy atom. The fraction of sp³-hybridized carbons (Fsp3) is 0.471. The van der Waals surface area contributed by atoms with Crippen molar-refractivity contribution >= 4 is 5.69 Å². The molecule has 1 aliphatic heterocycles. The van der Waals surface area contributed by atoms with E-state index in [2.05, 4.69) is 28.2 Å². The number of aliphatic hydroxyl groups is 1. The number of nitrogens with zero attached hydrogens (tertiary/aromatic N) is 4. The largest absolute Gasteiger partial charge is 0.390 e. The van der Waals surface area contributed by atoms with Gasteiger partial charge in [-0.3, -0.25) is 19.7 Å². The molecule has 7 nitrogen and oxygen atoms in total. The minimum absolute atomic E-state index is 0.0362. The van der Waals surface area contributed by atoms with E-state index in [-0.39, 0.29) is 12.2 Å². The van der Waals surface area contributed by atoms with Gasteiger partial charge in [-0.1, -0.05) is 24.3 Å². The molecule has 2 heterocycles. The smallest absolute Gasteiger partial charge is 0.312 e. The molecule has 1 aliphatic rings. The number of hydrogen-bond donors (Lipinski definition) is 1. The maximum atomic E-state index is 11.1. The number of nitro groups is 1. The highest BCUT2D eigenvalue weighted by atomic mass is 16.6. The first-order valence-electron chi connectivity index (χ1n) is 8.11. The second-order valence-corrected chi connectivity index (χ2v) is 6.37. The van der Waals surface area contributed by atoms with Crippen molar-refractivity contribution in [2.24, 2.45) is 0 Å². The number of aryl methyl sites for hydroxylation is 1. The Balaban J connectivity index is 1.64. The summed E-state index contributed by atoms with van der Waals surface area (Å²) in [6.45, 7) is 5.81. The van der Waals surface area contributed by atoms with Crippen LogP contribution in [0.25, 0.3) is 0 Å². The lowest BCUT2D eigenvalue weighted by Crippen LogP contribution is -2.38. The van der Waals surface area contributed by atoms with Gasteiger partial charge in [0.05, 0.1) is 17.6 Å². The van der Waals surface area contributed by atoms with Gasteiger partial charge in [-0.05, 0) is 31.4 Å². The lowest BCUT2D eigenvalue weighted by atomic mass is 10.00. The van der Waals surface area contributed by atoms with Crippen LogP contribution in [0.4, 0.5) is 5.69 Å². The Morgan fingerprint density at radius 2 is 2.00 bits per heavy atom. The van der Waals surface area contributed by atoms with E-state index in [1.807, 2.05) is 6.07 Å². The zero-order valence-electron chi connectivity index (χ0n) is 14.0. The second kappa shape index (κ2) is 6.70. The second-order valence-electron chi connectivity index (χ2n) is 6.37. The molecule has 0 amide bonds. The Kier molecular flexibility index (Phi) is 4.64. The van der Waals surface area contributed by atoms with Crippen LogP contribution in [0.15, 0.2) is 24.3 Å². The maximum absolute atomic E-state index is 11.1. The summed E-state index contributed by atoms with van der Waals surface area (Å²) < 4.78 is 1.54. The van der Waals surface area contributed by atoms with E-state index < -0.39 is 11.0 Å². The summed E-state index contributed by atoms with van der Waals surface area (Å²) in [5.41, 5.74) is 3.58. The number of rotatable bonds is 5. The van der Waals surface area contributed by atoms with E-state index in [0.717, 1.165) is 19.5 Å². The van der Waals surface area contributed by atoms with Crippen LogP contribution >= 0.6 is 0 Å². The average molecular weight is 330 g/mol. The van der Waals surface area contributed by atoms with Crippen molar-refractivity contribution in [2.75, 3.05) is 13.1 Å². The minimum atomic E-state index is -0.618. The van der Waals surface area contributed by atoms with Crippen molar-refractivity contribution in [1.82, 2.24) is 14.7 Å². The average Bonchev–Trinajstić information content (AvgIpc) is 2.81. The summed E-state index contributed by atoms with van der Waals surface area (Å²) >= 11 is 0. The number of aromatic nitrogens is 2. The van der Waals surface area contributed by atoms with Gasteiger partial charge in [-0.2, -0.15) is 5.10 Å². The number of fused-ring (bicyclic) bond motifs is 1. The number of aliphatic hydroxyl groups excluding tert-OH is 1. The summed E-state index contributed by atoms with van der Waals surface area (Å²) in [5, 5.41) is 25.6. The van der Waals surface area contributed by atoms with Gasteiger partial charge < -0.3 is 5.11 Å². The predicted molar refractivity (Wildman–Crippen MR) is 89.8 cm³/mol. The molecule has 2 aromatic rings. The zero-order chi connectivity index (χ0) is 17.3. The quantitative estimate of drug-likeness (QED) is 0.668. The van der Waals surface area contributed by atoms with Gasteiger partial charge in [0.1, 0.15) is 11.4 Å². The topological polar surface area (TPSA) is 84.4 Å². The molecule has 0 unspecified atom stereocenters. The van der Waals surface area contributed by atoms with Crippen LogP contribution in [0, 0.1) is 24.0 Å². The molecule has 7 heteroatoms. The minimum Gasteiger partial charge on any atom is -0.390 e. The molecule has 0 fully saturated rings. The van der Waals surface area contributed by atoms with Crippen LogP contribution in [-0.4, -0.2) is 43.9 Å². The molecule has 3 rings (SSSR count). The Labute approximate surface area is 140 Å². The van der Waals surface area contributed by atoms with Gasteiger partial charge in [0, 0.05) is 19.6 Å². The summed E-state index contributed by atoms with van der Waals surface area (Å²) in [5.74, 6) is 0. The van der Waals surface area contributed by atoms with Crippen LogP contribution in [0.3, 0.4) is 0 Å². The standard InChI is InChI=1S/C17H22N4O3/c1-12-17(21(23)24)13(2)20(18-12)11-16(22)10-19-8-7-14-5-3-4-6-15(14)9-19/h3-6,16,22H,7-11H2,1-2H3/t16-/m0/s1. The lowest BCUT2D eigenvalue weighted by Gasteiger charge is -2.30. The van der Waals surface area contributed by atoms with Crippen molar-refractivity contribution in [3.63, 3.8) is 0 Å². The zero-order valence-corrected chi connectivity index (χ0v) is 14.0. The molecule has 24 heavy (non-hydrogen) atoms. The third-order valence-corrected chi connectivity index (χ3v) is 4.59. The fourth-order valence-electron chi connectivity index (χ4n) is 3.39. The summed E-state index contributed by atoms with van der Waals surface area (Å²) in [6.07, 6.45) is 0.363. The number of benzene rings is 1. The van der Waals surface area contributed by atoms with Crippen LogP contribution in [0.5, 0.6) is 0 Å². The summed E-state index contributed by atoms with van der Waals surface area (Å²) in [4.78, 5) is 12.9. The van der Waals surface area contributed by atoms with Crippen molar-refractivity contribution in [3.05, 3.63) is 56.9 Å². The number of hydrogen-bond acceptors (Lipinski definition) is 5. The van der Waals surface area contributed by atoms with Crippen LogP contribution in [0.1, 0.15) is 22.5 Å². The maximum Gasteiger partial charge on any atom is 0.312 e. The molecule has 0 saturated carbocycles. The Hall–Kier alpha value is -2.25. The molecule has 0 saturated heterocycles. The molecule has 128 valence electrons. The third-order valence-electron chi connectivity index (χ3n) is 4.59. The van der Waals surface area contributed by atoms with Crippen molar-refractivity contribution in [1.29, 1.82) is 0 Å². The molecule has 1 atom stereocenters. The van der Waals surface area contributed by atoms with E-state index in [9.17, 15) is 15.2 Å². The summed E-state index contributed by atoms with van der Waals surface area (Å²) in [6, 6.07) is 8.36. The summed E-state index contributed by atoms with van der Waals surface area (Å²) in [7, 11) is 0. The SMILES string of the molecule is Cc1nn(C[C@@H](O)CN2CCc3ccccc3C2)c(C)c1[N+](=O)[O-]. The van der Waals surface area contributed by atoms with Crippen molar-refractivity contribution < 1.29 is 10.0 Å². The normalized spacial score (nSPS) is 16.0. The molecule has 1 aromatic heterocycles. The number of β-amino-alcohol motifs (C(OH)–C–C–N with tert-alkyl or cyclic N) is 1. The van der Waals surface area contributed by atoms with E-state index >= 15 is 0 Å². The first kappa shape index (κ1) is 16.6. The van der Waals surface area contributed by atoms with E-state index in [0.29, 0.717) is 17.9 Å². The van der Waals surface area contributed by atoms with Gasteiger partial charge in [0.25, 0.3) is 0 Å². The molecule has 0 radical (unpaired) electrons. The van der Waals surface area contributed by atoms with E-state index in [1.165, 1.54) is 15.8 Å². The van der Waals surface area contributed by atoms with Crippen molar-refractivity contribution in [2.45, 2.75) is 39.5 Å². The van der Waals surface area contributed by atoms with Gasteiger partial charge in [0.2, 0.25) is 0 Å². The third kappa shape index (κ3) is 3.32. The highest BCUT2D eigenvalue weighted by Gasteiger charge is 2.24. The van der Waals surface area contributed by atoms with Gasteiger partial charge in [-0.15, -0.1) is 0 Å². The van der Waals surface area contributed by atoms with Crippen LogP contribution in [-0.2, 0) is 19.5 Å². The molecule has 0 spiro atoms. The monoisotopic (exact) mass is 330 g/mol. The van der Waals surface area contributed by atoms with Crippen LogP contribution in [0.2, 0.25) is 0 Å². The van der Waals surface area contributed by atoms with E-state index in [1.54, 1.807) is 13.8 Å². The highest BCUT2D eigenvalue weighted by molar-refractivity contribution is 5.39. The molecule has 0 bridgehead atoms. The van der Waals surface area contributed by atoms with Crippen molar-refractivity contribution in [3.8, 4) is 0 Å². The van der Waals surface area contributed by atoms with E-state index in [4.69, 9.17) is 0 Å². The van der Waals surface area contributed by atoms with Gasteiger partial charge >= 0.3 is 5.69 Å². The highest BCUT2D eigenvalue weighted by Crippen LogP contribution is 2.22. The predicted octanol–water partition coefficient (Wildman–Crippen LogP) is 1.83. The Bertz CT molecular complexity index is 756. The lowest BCUT2D eigenvalue weighted by molar-refractivity contribution is -0.386. The first-order valence-corrected chi connectivity index (χ1v) is 8.11. The Morgan fingerprint density at radius 1 is 1.29 bits per heavy atom. The molecule has 1 aromatic carbocycles. The van der Waals surface area contributed by atoms with Gasteiger partial charge in [-0.25, -0.2) is 0 Å².